The molecule has 0 spiro atoms. The number of likely N-dealkylation sites (N-methyl/N-ethyl adjacent to an activating group) is 1. The van der Waals surface area contributed by atoms with Crippen molar-refractivity contribution in [1.29, 1.82) is 0 Å². The van der Waals surface area contributed by atoms with Crippen molar-refractivity contribution in [3.05, 3.63) is 48.0 Å². The molecular formula is C28H45N5O. The van der Waals surface area contributed by atoms with Crippen molar-refractivity contribution >= 4 is 5.91 Å². The Bertz CT molecular complexity index is 841. The first-order valence-corrected chi connectivity index (χ1v) is 13.4. The minimum atomic E-state index is 0.00670. The standard InChI is InChI=1S/C28H45N5O/c1-25-29-17-19-33(25)27-15-13-14-26(24-27)28(34)30-16-11-9-7-5-3-4-6-8-10-12-18-32-22-20-31(2)21-23-32/h13-15,17,19,24H,3-12,16,18,20-23H2,1-2H3,(H,30,34). The van der Waals surface area contributed by atoms with Gasteiger partial charge in [-0.15, -0.1) is 0 Å². The van der Waals surface area contributed by atoms with Gasteiger partial charge in [-0.25, -0.2) is 4.98 Å². The summed E-state index contributed by atoms with van der Waals surface area (Å²) in [5.41, 5.74) is 1.67. The van der Waals surface area contributed by atoms with Gasteiger partial charge in [-0.1, -0.05) is 57.4 Å². The molecule has 0 bridgehead atoms. The number of nitrogens with zero attached hydrogens (tertiary/aromatic N) is 4. The fourth-order valence-electron chi connectivity index (χ4n) is 4.70. The average Bonchev–Trinajstić information content (AvgIpc) is 3.29. The number of unbranched alkanes of at least 4 members (excludes halogenated alkanes) is 9. The zero-order valence-corrected chi connectivity index (χ0v) is 21.5. The molecule has 2 heterocycles. The van der Waals surface area contributed by atoms with Crippen LogP contribution in [0.2, 0.25) is 0 Å². The first kappa shape index (κ1) is 26.4. The highest BCUT2D eigenvalue weighted by Gasteiger charge is 2.12. The lowest BCUT2D eigenvalue weighted by molar-refractivity contribution is 0.0953. The smallest absolute Gasteiger partial charge is 0.251 e. The van der Waals surface area contributed by atoms with Crippen LogP contribution in [0.5, 0.6) is 0 Å². The Labute approximate surface area is 206 Å². The van der Waals surface area contributed by atoms with Crippen molar-refractivity contribution in [2.45, 2.75) is 71.1 Å². The molecule has 2 aromatic rings. The molecule has 0 atom stereocenters. The van der Waals surface area contributed by atoms with Crippen molar-refractivity contribution in [1.82, 2.24) is 24.7 Å². The van der Waals surface area contributed by atoms with Gasteiger partial charge in [-0.05, 0) is 51.6 Å². The van der Waals surface area contributed by atoms with E-state index in [1.165, 1.54) is 90.5 Å². The molecule has 1 aliphatic heterocycles. The normalized spacial score (nSPS) is 15.0. The van der Waals surface area contributed by atoms with Crippen LogP contribution in [0, 0.1) is 6.92 Å². The summed E-state index contributed by atoms with van der Waals surface area (Å²) in [5.74, 6) is 0.922. The number of nitrogens with one attached hydrogen (secondary N) is 1. The minimum Gasteiger partial charge on any atom is -0.352 e. The van der Waals surface area contributed by atoms with E-state index in [1.807, 2.05) is 42.0 Å². The van der Waals surface area contributed by atoms with Crippen molar-refractivity contribution in [2.75, 3.05) is 46.3 Å². The molecule has 0 unspecified atom stereocenters. The van der Waals surface area contributed by atoms with E-state index >= 15 is 0 Å². The molecule has 1 N–H and O–H groups in total. The number of hydrogen-bond acceptors (Lipinski definition) is 4. The molecular weight excluding hydrogens is 422 g/mol. The van der Waals surface area contributed by atoms with Crippen LogP contribution in [0.15, 0.2) is 36.7 Å². The molecule has 6 nitrogen and oxygen atoms in total. The number of rotatable bonds is 15. The van der Waals surface area contributed by atoms with Gasteiger partial charge in [0, 0.05) is 56.4 Å². The summed E-state index contributed by atoms with van der Waals surface area (Å²) in [6.45, 7) is 8.96. The second-order valence-electron chi connectivity index (χ2n) is 9.83. The number of imidazole rings is 1. The topological polar surface area (TPSA) is 53.4 Å². The number of piperazine rings is 1. The molecule has 0 radical (unpaired) electrons. The fraction of sp³-hybridized carbons (Fsp3) is 0.643. The van der Waals surface area contributed by atoms with E-state index in [4.69, 9.17) is 0 Å². The molecule has 1 fully saturated rings. The van der Waals surface area contributed by atoms with Crippen LogP contribution >= 0.6 is 0 Å². The molecule has 34 heavy (non-hydrogen) atoms. The highest BCUT2D eigenvalue weighted by atomic mass is 16.1. The van der Waals surface area contributed by atoms with Gasteiger partial charge >= 0.3 is 0 Å². The molecule has 1 aromatic heterocycles. The van der Waals surface area contributed by atoms with Gasteiger partial charge in [0.15, 0.2) is 0 Å². The second-order valence-corrected chi connectivity index (χ2v) is 9.83. The molecule has 0 aliphatic carbocycles. The maximum absolute atomic E-state index is 12.5. The van der Waals surface area contributed by atoms with Gasteiger partial charge in [0.25, 0.3) is 5.91 Å². The number of benzene rings is 1. The summed E-state index contributed by atoms with van der Waals surface area (Å²) in [5, 5.41) is 3.07. The summed E-state index contributed by atoms with van der Waals surface area (Å²) in [7, 11) is 2.22. The Morgan fingerprint density at radius 3 is 2.21 bits per heavy atom. The van der Waals surface area contributed by atoms with Crippen molar-refractivity contribution < 1.29 is 4.79 Å². The van der Waals surface area contributed by atoms with Crippen molar-refractivity contribution in [2.24, 2.45) is 0 Å². The predicted octanol–water partition coefficient (Wildman–Crippen LogP) is 5.06. The predicted molar refractivity (Wildman–Crippen MR) is 141 cm³/mol. The first-order valence-electron chi connectivity index (χ1n) is 13.4. The third-order valence-electron chi connectivity index (χ3n) is 6.99. The largest absolute Gasteiger partial charge is 0.352 e. The average molecular weight is 468 g/mol. The summed E-state index contributed by atoms with van der Waals surface area (Å²) >= 11 is 0. The fourth-order valence-corrected chi connectivity index (χ4v) is 4.70. The van der Waals surface area contributed by atoms with Gasteiger partial charge in [0.1, 0.15) is 5.82 Å². The molecule has 188 valence electrons. The van der Waals surface area contributed by atoms with Crippen LogP contribution in [-0.2, 0) is 0 Å². The molecule has 1 amide bonds. The number of carbonyl (C=O) groups excluding carboxylic acids is 1. The minimum absolute atomic E-state index is 0.00670. The Morgan fingerprint density at radius 2 is 1.56 bits per heavy atom. The van der Waals surface area contributed by atoms with E-state index in [0.717, 1.165) is 24.5 Å². The van der Waals surface area contributed by atoms with E-state index in [2.05, 4.69) is 27.1 Å². The lowest BCUT2D eigenvalue weighted by atomic mass is 10.1. The van der Waals surface area contributed by atoms with E-state index in [0.29, 0.717) is 5.56 Å². The van der Waals surface area contributed by atoms with Gasteiger partial charge in [-0.3, -0.25) is 4.79 Å². The van der Waals surface area contributed by atoms with Gasteiger partial charge in [0.05, 0.1) is 0 Å². The Hall–Kier alpha value is -2.18. The summed E-state index contributed by atoms with van der Waals surface area (Å²) in [6.07, 6.45) is 16.8. The van der Waals surface area contributed by atoms with Crippen LogP contribution < -0.4 is 5.32 Å². The van der Waals surface area contributed by atoms with Gasteiger partial charge < -0.3 is 19.7 Å². The molecule has 1 saturated heterocycles. The lowest BCUT2D eigenvalue weighted by Gasteiger charge is -2.32. The quantitative estimate of drug-likeness (QED) is 0.372. The number of aromatic nitrogens is 2. The maximum atomic E-state index is 12.5. The van der Waals surface area contributed by atoms with Crippen LogP contribution in [0.1, 0.15) is 80.4 Å². The Kier molecular flexibility index (Phi) is 11.6. The van der Waals surface area contributed by atoms with Crippen LogP contribution in [-0.4, -0.2) is 71.6 Å². The Morgan fingerprint density at radius 1 is 0.912 bits per heavy atom. The third-order valence-corrected chi connectivity index (χ3v) is 6.99. The van der Waals surface area contributed by atoms with E-state index < -0.39 is 0 Å². The monoisotopic (exact) mass is 467 g/mol. The number of aryl methyl sites for hydroxylation is 1. The zero-order chi connectivity index (χ0) is 24.0. The number of carbonyl (C=O) groups is 1. The van der Waals surface area contributed by atoms with Crippen LogP contribution in [0.3, 0.4) is 0 Å². The third kappa shape index (κ3) is 9.22. The lowest BCUT2D eigenvalue weighted by Crippen LogP contribution is -2.44. The van der Waals surface area contributed by atoms with Gasteiger partial charge in [-0.2, -0.15) is 0 Å². The summed E-state index contributed by atoms with van der Waals surface area (Å²) in [6, 6.07) is 7.73. The molecule has 3 rings (SSSR count). The first-order chi connectivity index (χ1) is 16.6. The molecule has 0 saturated carbocycles. The molecule has 6 heteroatoms. The summed E-state index contributed by atoms with van der Waals surface area (Å²) in [4.78, 5) is 21.8. The SMILES string of the molecule is Cc1nccn1-c1cccc(C(=O)NCCCCCCCCCCCCN2CCN(C)CC2)c1. The Balaban J connectivity index is 1.14. The van der Waals surface area contributed by atoms with E-state index in [9.17, 15) is 4.79 Å². The molecule has 1 aromatic carbocycles. The molecule has 1 aliphatic rings. The zero-order valence-electron chi connectivity index (χ0n) is 21.5. The van der Waals surface area contributed by atoms with Gasteiger partial charge in [0.2, 0.25) is 0 Å². The van der Waals surface area contributed by atoms with E-state index in [-0.39, 0.29) is 5.91 Å². The number of hydrogen-bond donors (Lipinski definition) is 1. The maximum Gasteiger partial charge on any atom is 0.251 e. The highest BCUT2D eigenvalue weighted by Crippen LogP contribution is 2.13. The van der Waals surface area contributed by atoms with Crippen LogP contribution in [0.4, 0.5) is 0 Å². The van der Waals surface area contributed by atoms with Crippen molar-refractivity contribution in [3.63, 3.8) is 0 Å². The van der Waals surface area contributed by atoms with Crippen molar-refractivity contribution in [3.8, 4) is 5.69 Å². The number of amides is 1. The highest BCUT2D eigenvalue weighted by molar-refractivity contribution is 5.94. The van der Waals surface area contributed by atoms with E-state index in [1.54, 1.807) is 6.20 Å². The van der Waals surface area contributed by atoms with Crippen LogP contribution in [0.25, 0.3) is 5.69 Å². The second kappa shape index (κ2) is 14.9. The summed E-state index contributed by atoms with van der Waals surface area (Å²) < 4.78 is 1.99.